The lowest BCUT2D eigenvalue weighted by Gasteiger charge is -2.01. The van der Waals surface area contributed by atoms with Crippen LogP contribution in [0.3, 0.4) is 0 Å². The second kappa shape index (κ2) is 3.78. The van der Waals surface area contributed by atoms with Crippen molar-refractivity contribution in [2.24, 2.45) is 0 Å². The van der Waals surface area contributed by atoms with Crippen LogP contribution in [0.25, 0.3) is 0 Å². The summed E-state index contributed by atoms with van der Waals surface area (Å²) in [5, 5.41) is 0. The highest BCUT2D eigenvalue weighted by Crippen LogP contribution is 1.89. The summed E-state index contributed by atoms with van der Waals surface area (Å²) in [6.07, 6.45) is 6.22. The maximum absolute atomic E-state index is 11.3. The Labute approximate surface area is 80.1 Å². The molecule has 2 aromatic heterocycles. The fourth-order valence-corrected chi connectivity index (χ4v) is 1.06. The van der Waals surface area contributed by atoms with Crippen LogP contribution in [-0.4, -0.2) is 19.5 Å². The zero-order chi connectivity index (χ0) is 9.80. The van der Waals surface area contributed by atoms with Crippen LogP contribution in [0.5, 0.6) is 0 Å². The summed E-state index contributed by atoms with van der Waals surface area (Å²) in [6.45, 7) is 0.355. The highest BCUT2D eigenvalue weighted by molar-refractivity contribution is 4.91. The van der Waals surface area contributed by atoms with Crippen molar-refractivity contribution in [3.63, 3.8) is 0 Å². The Morgan fingerprint density at radius 2 is 2.00 bits per heavy atom. The lowest BCUT2D eigenvalue weighted by molar-refractivity contribution is 0.697. The molecule has 2 heterocycles. The van der Waals surface area contributed by atoms with Crippen LogP contribution >= 0.6 is 0 Å². The van der Waals surface area contributed by atoms with Gasteiger partial charge in [0.1, 0.15) is 5.82 Å². The normalized spacial score (nSPS) is 10.0. The molecule has 0 fully saturated rings. The van der Waals surface area contributed by atoms with E-state index < -0.39 is 0 Å². The Bertz CT molecular complexity index is 465. The Balaban J connectivity index is 2.28. The van der Waals surface area contributed by atoms with Gasteiger partial charge in [0.25, 0.3) is 5.56 Å². The first kappa shape index (κ1) is 8.55. The van der Waals surface area contributed by atoms with Gasteiger partial charge in [-0.3, -0.25) is 9.36 Å². The summed E-state index contributed by atoms with van der Waals surface area (Å²) in [6, 6.07) is 3.14. The average molecular weight is 188 g/mol. The second-order valence-electron chi connectivity index (χ2n) is 2.71. The Morgan fingerprint density at radius 3 is 2.71 bits per heavy atom. The summed E-state index contributed by atoms with van der Waals surface area (Å²) >= 11 is 0. The molecule has 0 saturated heterocycles. The van der Waals surface area contributed by atoms with E-state index in [9.17, 15) is 4.79 Å². The van der Waals surface area contributed by atoms with Crippen LogP contribution < -0.4 is 5.56 Å². The molecule has 0 aliphatic heterocycles. The third kappa shape index (κ3) is 1.82. The third-order valence-corrected chi connectivity index (χ3v) is 1.72. The van der Waals surface area contributed by atoms with Gasteiger partial charge in [0.2, 0.25) is 0 Å². The van der Waals surface area contributed by atoms with Crippen LogP contribution in [0.1, 0.15) is 5.82 Å². The Morgan fingerprint density at radius 1 is 1.21 bits per heavy atom. The molecule has 0 aromatic carbocycles. The minimum Gasteiger partial charge on any atom is -0.292 e. The molecular weight excluding hydrogens is 180 g/mol. The van der Waals surface area contributed by atoms with Crippen molar-refractivity contribution < 1.29 is 0 Å². The van der Waals surface area contributed by atoms with E-state index >= 15 is 0 Å². The maximum Gasteiger partial charge on any atom is 0.253 e. The van der Waals surface area contributed by atoms with E-state index in [2.05, 4.69) is 15.0 Å². The van der Waals surface area contributed by atoms with Crippen LogP contribution in [-0.2, 0) is 6.54 Å². The first-order valence-electron chi connectivity index (χ1n) is 4.12. The van der Waals surface area contributed by atoms with Crippen molar-refractivity contribution in [2.75, 3.05) is 0 Å². The quantitative estimate of drug-likeness (QED) is 0.669. The van der Waals surface area contributed by atoms with E-state index in [-0.39, 0.29) is 5.56 Å². The predicted molar refractivity (Wildman–Crippen MR) is 49.6 cm³/mol. The first-order chi connectivity index (χ1) is 6.86. The van der Waals surface area contributed by atoms with Crippen LogP contribution in [0.2, 0.25) is 0 Å². The van der Waals surface area contributed by atoms with E-state index in [0.717, 1.165) is 0 Å². The van der Waals surface area contributed by atoms with Gasteiger partial charge in [-0.2, -0.15) is 0 Å². The monoisotopic (exact) mass is 188 g/mol. The number of nitrogens with zero attached hydrogens (tertiary/aromatic N) is 4. The van der Waals surface area contributed by atoms with Gasteiger partial charge >= 0.3 is 0 Å². The minimum atomic E-state index is -0.104. The largest absolute Gasteiger partial charge is 0.292 e. The van der Waals surface area contributed by atoms with Crippen molar-refractivity contribution in [2.45, 2.75) is 6.54 Å². The van der Waals surface area contributed by atoms with Crippen LogP contribution in [0, 0.1) is 0 Å². The van der Waals surface area contributed by atoms with Gasteiger partial charge in [0.15, 0.2) is 0 Å². The standard InChI is InChI=1S/C9H8N4O/c14-9-2-5-10-7-13(9)6-8-11-3-1-4-12-8/h1-5,7H,6H2. The van der Waals surface area contributed by atoms with Gasteiger partial charge < -0.3 is 0 Å². The molecule has 5 heteroatoms. The zero-order valence-corrected chi connectivity index (χ0v) is 7.37. The molecular formula is C9H8N4O. The smallest absolute Gasteiger partial charge is 0.253 e. The molecule has 0 aliphatic carbocycles. The molecule has 0 aliphatic rings. The van der Waals surface area contributed by atoms with Crippen molar-refractivity contribution in [1.29, 1.82) is 0 Å². The highest BCUT2D eigenvalue weighted by atomic mass is 16.1. The van der Waals surface area contributed by atoms with E-state index in [4.69, 9.17) is 0 Å². The van der Waals surface area contributed by atoms with E-state index in [0.29, 0.717) is 12.4 Å². The van der Waals surface area contributed by atoms with Gasteiger partial charge in [-0.25, -0.2) is 15.0 Å². The van der Waals surface area contributed by atoms with Crippen LogP contribution in [0.4, 0.5) is 0 Å². The van der Waals surface area contributed by atoms with Gasteiger partial charge in [0.05, 0.1) is 12.9 Å². The molecule has 2 aromatic rings. The van der Waals surface area contributed by atoms with Gasteiger partial charge in [-0.15, -0.1) is 0 Å². The molecule has 0 bridgehead atoms. The summed E-state index contributed by atoms with van der Waals surface area (Å²) in [7, 11) is 0. The molecule has 70 valence electrons. The molecule has 0 spiro atoms. The summed E-state index contributed by atoms with van der Waals surface area (Å²) < 4.78 is 1.45. The molecule has 0 atom stereocenters. The fourth-order valence-electron chi connectivity index (χ4n) is 1.06. The second-order valence-corrected chi connectivity index (χ2v) is 2.71. The summed E-state index contributed by atoms with van der Waals surface area (Å²) in [4.78, 5) is 23.2. The zero-order valence-electron chi connectivity index (χ0n) is 7.37. The first-order valence-corrected chi connectivity index (χ1v) is 4.12. The Hall–Kier alpha value is -2.04. The topological polar surface area (TPSA) is 60.7 Å². The molecule has 0 saturated carbocycles. The van der Waals surface area contributed by atoms with Gasteiger partial charge in [-0.05, 0) is 6.07 Å². The molecule has 0 radical (unpaired) electrons. The van der Waals surface area contributed by atoms with Crippen molar-refractivity contribution in [1.82, 2.24) is 19.5 Å². The van der Waals surface area contributed by atoms with E-state index in [1.54, 1.807) is 18.5 Å². The average Bonchev–Trinajstić information content (AvgIpc) is 2.23. The molecule has 0 amide bonds. The predicted octanol–water partition coefficient (Wildman–Crippen LogP) is 0.0816. The number of rotatable bonds is 2. The molecule has 0 N–H and O–H groups in total. The summed E-state index contributed by atoms with van der Waals surface area (Å²) in [5.41, 5.74) is -0.104. The molecule has 2 rings (SSSR count). The number of hydrogen-bond donors (Lipinski definition) is 0. The van der Waals surface area contributed by atoms with E-state index in [1.807, 2.05) is 0 Å². The molecule has 5 nitrogen and oxygen atoms in total. The van der Waals surface area contributed by atoms with Crippen molar-refractivity contribution in [3.8, 4) is 0 Å². The van der Waals surface area contributed by atoms with Crippen molar-refractivity contribution >= 4 is 0 Å². The highest BCUT2D eigenvalue weighted by Gasteiger charge is 1.97. The fraction of sp³-hybridized carbons (Fsp3) is 0.111. The van der Waals surface area contributed by atoms with E-state index in [1.165, 1.54) is 23.2 Å². The lowest BCUT2D eigenvalue weighted by atomic mass is 10.5. The lowest BCUT2D eigenvalue weighted by Crippen LogP contribution is -2.20. The SMILES string of the molecule is O=c1ccncn1Cc1ncccn1. The van der Waals surface area contributed by atoms with Crippen molar-refractivity contribution in [3.05, 3.63) is 53.2 Å². The molecule has 14 heavy (non-hydrogen) atoms. The third-order valence-electron chi connectivity index (χ3n) is 1.72. The Kier molecular flexibility index (Phi) is 2.31. The van der Waals surface area contributed by atoms with Gasteiger partial charge in [-0.1, -0.05) is 0 Å². The maximum atomic E-state index is 11.3. The minimum absolute atomic E-state index is 0.104. The number of hydrogen-bond acceptors (Lipinski definition) is 4. The van der Waals surface area contributed by atoms with Crippen LogP contribution in [0.15, 0.2) is 41.8 Å². The number of aromatic nitrogens is 4. The molecule has 0 unspecified atom stereocenters. The summed E-state index contributed by atoms with van der Waals surface area (Å²) in [5.74, 6) is 0.600. The van der Waals surface area contributed by atoms with Gasteiger partial charge in [0, 0.05) is 24.7 Å².